The summed E-state index contributed by atoms with van der Waals surface area (Å²) in [7, 11) is 0. The Balaban J connectivity index is 0.00000182. The molecule has 2 aliphatic rings. The lowest BCUT2D eigenvalue weighted by Crippen LogP contribution is -2.46. The topological polar surface area (TPSA) is 64.2 Å². The number of hydrogen-bond donors (Lipinski definition) is 1. The van der Waals surface area contributed by atoms with E-state index in [0.717, 1.165) is 49.9 Å². The number of halogens is 1. The second-order valence-electron chi connectivity index (χ2n) is 6.98. The molecule has 1 amide bonds. The number of rotatable bonds is 2. The number of likely N-dealkylation sites (tertiary alicyclic amines) is 1. The molecule has 25 heavy (non-hydrogen) atoms. The lowest BCUT2D eigenvalue weighted by atomic mass is 10.1. The normalized spacial score (nSPS) is 19.4. The molecular weight excluding hydrogens is 336 g/mol. The van der Waals surface area contributed by atoms with Crippen LogP contribution >= 0.6 is 12.4 Å². The summed E-state index contributed by atoms with van der Waals surface area (Å²) in [6.45, 7) is 3.52. The molecule has 0 saturated carbocycles. The zero-order chi connectivity index (χ0) is 16.7. The number of nitrogens with two attached hydrogens (primary N) is 1. The fourth-order valence-corrected chi connectivity index (χ4v) is 3.95. The van der Waals surface area contributed by atoms with Crippen molar-refractivity contribution in [2.24, 2.45) is 5.73 Å². The molecule has 5 nitrogen and oxygen atoms in total. The standard InChI is InChI=1S/C19H24N4O.ClH/c1-13-6-2-3-9-16(13)23-17-10-4-8-15(17)18(21-23)19(24)22-11-5-7-14(20)12-22;/h2-3,6,9,14H,4-5,7-8,10-12,20H2,1H3;1H. The van der Waals surface area contributed by atoms with Crippen molar-refractivity contribution in [3.63, 3.8) is 0 Å². The van der Waals surface area contributed by atoms with Gasteiger partial charge in [0.05, 0.1) is 5.69 Å². The summed E-state index contributed by atoms with van der Waals surface area (Å²) < 4.78 is 1.99. The molecule has 1 aromatic heterocycles. The summed E-state index contributed by atoms with van der Waals surface area (Å²) in [5.74, 6) is 0.0515. The van der Waals surface area contributed by atoms with E-state index < -0.39 is 0 Å². The van der Waals surface area contributed by atoms with Gasteiger partial charge in [0.25, 0.3) is 5.91 Å². The average Bonchev–Trinajstić information content (AvgIpc) is 3.17. The minimum Gasteiger partial charge on any atom is -0.336 e. The first kappa shape index (κ1) is 18.0. The van der Waals surface area contributed by atoms with Crippen LogP contribution in [0.1, 0.15) is 46.6 Å². The predicted octanol–water partition coefficient (Wildman–Crippen LogP) is 2.65. The third kappa shape index (κ3) is 3.18. The Morgan fingerprint density at radius 1 is 1.24 bits per heavy atom. The van der Waals surface area contributed by atoms with E-state index in [1.165, 1.54) is 11.3 Å². The maximum absolute atomic E-state index is 13.0. The Labute approximate surface area is 154 Å². The molecule has 2 aromatic rings. The maximum Gasteiger partial charge on any atom is 0.274 e. The molecule has 1 atom stereocenters. The van der Waals surface area contributed by atoms with Crippen LogP contribution in [0.4, 0.5) is 0 Å². The Hall–Kier alpha value is -1.85. The molecule has 6 heteroatoms. The zero-order valence-corrected chi connectivity index (χ0v) is 15.4. The molecule has 1 unspecified atom stereocenters. The van der Waals surface area contributed by atoms with Crippen molar-refractivity contribution in [1.82, 2.24) is 14.7 Å². The van der Waals surface area contributed by atoms with Gasteiger partial charge in [-0.05, 0) is 50.7 Å². The molecule has 2 heterocycles. The number of para-hydroxylation sites is 1. The minimum atomic E-state index is 0. The highest BCUT2D eigenvalue weighted by Gasteiger charge is 2.31. The van der Waals surface area contributed by atoms with Crippen LogP contribution in [0.15, 0.2) is 24.3 Å². The molecule has 0 radical (unpaired) electrons. The van der Waals surface area contributed by atoms with E-state index in [9.17, 15) is 4.79 Å². The molecule has 1 saturated heterocycles. The summed E-state index contributed by atoms with van der Waals surface area (Å²) in [6, 6.07) is 8.31. The highest BCUT2D eigenvalue weighted by atomic mass is 35.5. The van der Waals surface area contributed by atoms with Crippen molar-refractivity contribution < 1.29 is 4.79 Å². The van der Waals surface area contributed by atoms with Crippen molar-refractivity contribution in [2.45, 2.75) is 45.1 Å². The SMILES string of the molecule is Cc1ccccc1-n1nc(C(=O)N2CCCC(N)C2)c2c1CCC2.Cl. The van der Waals surface area contributed by atoms with Crippen LogP contribution in [0.5, 0.6) is 0 Å². The number of aryl methyl sites for hydroxylation is 1. The lowest BCUT2D eigenvalue weighted by Gasteiger charge is -2.30. The van der Waals surface area contributed by atoms with Crippen molar-refractivity contribution in [2.75, 3.05) is 13.1 Å². The molecule has 0 bridgehead atoms. The van der Waals surface area contributed by atoms with E-state index in [1.54, 1.807) is 0 Å². The quantitative estimate of drug-likeness (QED) is 0.895. The Morgan fingerprint density at radius 3 is 2.80 bits per heavy atom. The zero-order valence-electron chi connectivity index (χ0n) is 14.6. The fraction of sp³-hybridized carbons (Fsp3) is 0.474. The first-order valence-electron chi connectivity index (χ1n) is 8.87. The lowest BCUT2D eigenvalue weighted by molar-refractivity contribution is 0.0701. The molecule has 134 valence electrons. The van der Waals surface area contributed by atoms with Crippen LogP contribution in [0, 0.1) is 6.92 Å². The Morgan fingerprint density at radius 2 is 2.04 bits per heavy atom. The third-order valence-corrected chi connectivity index (χ3v) is 5.22. The van der Waals surface area contributed by atoms with Gasteiger partial charge in [0.2, 0.25) is 0 Å². The first-order chi connectivity index (χ1) is 11.6. The number of carbonyl (C=O) groups is 1. The molecule has 2 N–H and O–H groups in total. The van der Waals surface area contributed by atoms with E-state index in [0.29, 0.717) is 12.2 Å². The summed E-state index contributed by atoms with van der Waals surface area (Å²) >= 11 is 0. The fourth-order valence-electron chi connectivity index (χ4n) is 3.95. The smallest absolute Gasteiger partial charge is 0.274 e. The van der Waals surface area contributed by atoms with Gasteiger partial charge in [0.15, 0.2) is 5.69 Å². The monoisotopic (exact) mass is 360 g/mol. The van der Waals surface area contributed by atoms with Gasteiger partial charge in [-0.3, -0.25) is 4.79 Å². The number of amides is 1. The second-order valence-corrected chi connectivity index (χ2v) is 6.98. The van der Waals surface area contributed by atoms with E-state index in [1.807, 2.05) is 21.7 Å². The number of fused-ring (bicyclic) bond motifs is 1. The Kier molecular flexibility index (Phi) is 5.16. The summed E-state index contributed by atoms with van der Waals surface area (Å²) in [4.78, 5) is 14.9. The van der Waals surface area contributed by atoms with Gasteiger partial charge in [-0.1, -0.05) is 18.2 Å². The van der Waals surface area contributed by atoms with E-state index >= 15 is 0 Å². The summed E-state index contributed by atoms with van der Waals surface area (Å²) in [5, 5.41) is 4.75. The van der Waals surface area contributed by atoms with Crippen LogP contribution in [-0.4, -0.2) is 39.7 Å². The van der Waals surface area contributed by atoms with Crippen LogP contribution in [-0.2, 0) is 12.8 Å². The summed E-state index contributed by atoms with van der Waals surface area (Å²) in [6.07, 6.45) is 5.01. The van der Waals surface area contributed by atoms with Gasteiger partial charge in [-0.2, -0.15) is 5.10 Å². The highest BCUT2D eigenvalue weighted by Crippen LogP contribution is 2.30. The van der Waals surface area contributed by atoms with Crippen molar-refractivity contribution >= 4 is 18.3 Å². The number of carbonyl (C=O) groups excluding carboxylic acids is 1. The van der Waals surface area contributed by atoms with Crippen molar-refractivity contribution in [1.29, 1.82) is 0 Å². The first-order valence-corrected chi connectivity index (χ1v) is 8.87. The Bertz CT molecular complexity index is 786. The number of piperidine rings is 1. The van der Waals surface area contributed by atoms with Gasteiger partial charge >= 0.3 is 0 Å². The van der Waals surface area contributed by atoms with Crippen LogP contribution in [0.25, 0.3) is 5.69 Å². The van der Waals surface area contributed by atoms with Crippen LogP contribution in [0.2, 0.25) is 0 Å². The number of aromatic nitrogens is 2. The summed E-state index contributed by atoms with van der Waals surface area (Å²) in [5.41, 5.74) is 11.3. The van der Waals surface area contributed by atoms with Crippen LogP contribution < -0.4 is 5.73 Å². The van der Waals surface area contributed by atoms with Gasteiger partial charge in [0, 0.05) is 30.4 Å². The largest absolute Gasteiger partial charge is 0.336 e. The molecule has 1 aliphatic heterocycles. The minimum absolute atomic E-state index is 0. The van der Waals surface area contributed by atoms with Gasteiger partial charge in [0.1, 0.15) is 0 Å². The van der Waals surface area contributed by atoms with Crippen molar-refractivity contribution in [3.8, 4) is 5.69 Å². The highest BCUT2D eigenvalue weighted by molar-refractivity contribution is 5.94. The van der Waals surface area contributed by atoms with Gasteiger partial charge < -0.3 is 10.6 Å². The molecule has 1 aromatic carbocycles. The maximum atomic E-state index is 13.0. The van der Waals surface area contributed by atoms with Crippen LogP contribution in [0.3, 0.4) is 0 Å². The molecule has 1 aliphatic carbocycles. The van der Waals surface area contributed by atoms with Gasteiger partial charge in [-0.25, -0.2) is 4.68 Å². The van der Waals surface area contributed by atoms with Crippen molar-refractivity contribution in [3.05, 3.63) is 46.8 Å². The molecule has 1 fully saturated rings. The third-order valence-electron chi connectivity index (χ3n) is 5.22. The van der Waals surface area contributed by atoms with E-state index in [2.05, 4.69) is 19.1 Å². The molecule has 4 rings (SSSR count). The number of nitrogens with zero attached hydrogens (tertiary/aromatic N) is 3. The molecular formula is C19H25ClN4O. The van der Waals surface area contributed by atoms with E-state index in [4.69, 9.17) is 10.8 Å². The average molecular weight is 361 g/mol. The predicted molar refractivity (Wildman–Crippen MR) is 101 cm³/mol. The second kappa shape index (κ2) is 7.18. The van der Waals surface area contributed by atoms with E-state index in [-0.39, 0.29) is 24.4 Å². The molecule has 0 spiro atoms. The number of benzene rings is 1. The van der Waals surface area contributed by atoms with Gasteiger partial charge in [-0.15, -0.1) is 12.4 Å². The number of hydrogen-bond acceptors (Lipinski definition) is 3.